The molecule has 0 saturated heterocycles. The fraction of sp³-hybridized carbons (Fsp3) is 0.143. The van der Waals surface area contributed by atoms with Crippen molar-refractivity contribution in [3.05, 3.63) is 69.5 Å². The van der Waals surface area contributed by atoms with Crippen LogP contribution in [0.3, 0.4) is 0 Å². The van der Waals surface area contributed by atoms with Crippen LogP contribution in [0.2, 0.25) is 0 Å². The molecule has 0 fully saturated rings. The van der Waals surface area contributed by atoms with Crippen molar-refractivity contribution in [3.8, 4) is 0 Å². The van der Waals surface area contributed by atoms with Crippen LogP contribution in [0.1, 0.15) is 10.4 Å². The van der Waals surface area contributed by atoms with Crippen molar-refractivity contribution in [1.29, 1.82) is 5.41 Å². The van der Waals surface area contributed by atoms with E-state index in [0.29, 0.717) is 24.6 Å². The van der Waals surface area contributed by atoms with Gasteiger partial charge in [0.2, 0.25) is 0 Å². The molecular weight excluding hydrogens is 605 g/mol. The first-order chi connectivity index (χ1) is 16.8. The molecule has 2 aromatic carbocycles. The van der Waals surface area contributed by atoms with Crippen LogP contribution < -0.4 is 11.1 Å². The molecule has 2 amide bonds. The Labute approximate surface area is 221 Å². The molecule has 3 rings (SSSR count). The summed E-state index contributed by atoms with van der Waals surface area (Å²) in [7, 11) is -3.33. The fourth-order valence-electron chi connectivity index (χ4n) is 2.59. The van der Waals surface area contributed by atoms with Crippen molar-refractivity contribution in [2.24, 2.45) is 10.1 Å². The van der Waals surface area contributed by atoms with Gasteiger partial charge in [-0.2, -0.15) is 0 Å². The van der Waals surface area contributed by atoms with Gasteiger partial charge in [0.1, 0.15) is 15.6 Å². The maximum absolute atomic E-state index is 14.2. The maximum Gasteiger partial charge on any atom is 0.549 e. The molecule has 36 heavy (non-hydrogen) atoms. The Balaban J connectivity index is 0.000000678. The Kier molecular flexibility index (Phi) is 10.5. The van der Waals surface area contributed by atoms with Gasteiger partial charge in [0, 0.05) is 10.2 Å². The zero-order valence-corrected chi connectivity index (χ0v) is 22.7. The van der Waals surface area contributed by atoms with Crippen molar-refractivity contribution in [2.45, 2.75) is 27.3 Å². The van der Waals surface area contributed by atoms with Crippen molar-refractivity contribution in [2.75, 3.05) is 11.6 Å². The first-order valence-electron chi connectivity index (χ1n) is 9.61. The molecule has 0 spiro atoms. The number of rotatable bonds is 5. The van der Waals surface area contributed by atoms with Crippen LogP contribution in [0.4, 0.5) is 23.7 Å². The number of benzene rings is 2. The Bertz CT molecular complexity index is 1360. The second-order valence-electron chi connectivity index (χ2n) is 6.79. The van der Waals surface area contributed by atoms with Crippen LogP contribution in [0, 0.1) is 12.3 Å². The van der Waals surface area contributed by atoms with Gasteiger partial charge in [-0.1, -0.05) is 39.7 Å². The minimum atomic E-state index is -4.90. The van der Waals surface area contributed by atoms with E-state index >= 15 is 0 Å². The van der Waals surface area contributed by atoms with Crippen LogP contribution in [0.25, 0.3) is 0 Å². The number of thioether (sulfide) groups is 1. The predicted molar refractivity (Wildman–Crippen MR) is 138 cm³/mol. The second-order valence-corrected chi connectivity index (χ2v) is 12.0. The minimum absolute atomic E-state index is 0.123. The van der Waals surface area contributed by atoms with Gasteiger partial charge in [0.25, 0.3) is 0 Å². The van der Waals surface area contributed by atoms with E-state index in [0.717, 1.165) is 10.0 Å². The molecule has 1 unspecified atom stereocenters. The number of amidine groups is 1. The van der Waals surface area contributed by atoms with Gasteiger partial charge >= 0.3 is 12.4 Å². The highest BCUT2D eigenvalue weighted by atomic mass is 79.9. The van der Waals surface area contributed by atoms with Crippen LogP contribution in [0.5, 0.6) is 0 Å². The van der Waals surface area contributed by atoms with E-state index in [-0.39, 0.29) is 5.84 Å². The number of nitrogens with two attached hydrogens (primary N) is 1. The lowest BCUT2D eigenvalue weighted by atomic mass is 10.2. The van der Waals surface area contributed by atoms with E-state index in [1.54, 1.807) is 42.5 Å². The van der Waals surface area contributed by atoms with E-state index in [1.165, 1.54) is 23.1 Å². The summed E-state index contributed by atoms with van der Waals surface area (Å²) in [5.41, 5.74) is 7.26. The van der Waals surface area contributed by atoms with E-state index in [1.807, 2.05) is 30.2 Å². The number of nitrogens with zero attached hydrogens (tertiary/aromatic N) is 1. The number of thiophene rings is 1. The summed E-state index contributed by atoms with van der Waals surface area (Å²) < 4.78 is 50.7. The third kappa shape index (κ3) is 8.31. The Morgan fingerprint density at radius 1 is 1.25 bits per heavy atom. The Morgan fingerprint density at radius 2 is 1.86 bits per heavy atom. The second kappa shape index (κ2) is 12.7. The molecule has 5 N–H and O–H groups in total. The number of alkyl halides is 3. The highest BCUT2D eigenvalue weighted by Gasteiger charge is 2.29. The first kappa shape index (κ1) is 29.8. The van der Waals surface area contributed by atoms with Crippen molar-refractivity contribution < 1.29 is 32.3 Å². The molecule has 0 bridgehead atoms. The minimum Gasteiger partial charge on any atom is -0.383 e. The van der Waals surface area contributed by atoms with Crippen LogP contribution in [-0.2, 0) is 14.6 Å². The third-order valence-electron chi connectivity index (χ3n) is 4.15. The normalized spacial score (nSPS) is 12.6. The number of hydrogen-bond acceptors (Lipinski definition) is 7. The molecule has 1 heterocycles. The maximum atomic E-state index is 14.2. The number of halogens is 4. The molecule has 194 valence electrons. The molecule has 0 aliphatic heterocycles. The molecule has 3 aromatic rings. The zero-order valence-electron chi connectivity index (χ0n) is 18.6. The Hall–Kier alpha value is -2.43. The molecule has 1 atom stereocenters. The summed E-state index contributed by atoms with van der Waals surface area (Å²) >= 11 is 6.03. The number of nitrogen functional groups attached to an aromatic ring is 1. The number of carbonyl (C=O) groups is 1. The standard InChI is InChI=1S/C20H19BrN4O2S3.CHF3O2/c1-12-6-8-14(9-7-12)24-20(26)25-30(27,15-5-3-4-13(21)10-15)17-11-16(18(22)23)29-19(17)28-2;2-1(3,4)6-5/h3-11H,1-2H3,(H3,22,23)(H,24,26);5H. The number of aryl methyl sites for hydroxylation is 1. The van der Waals surface area contributed by atoms with Gasteiger partial charge in [-0.25, -0.2) is 14.3 Å². The van der Waals surface area contributed by atoms with Gasteiger partial charge in [0.05, 0.1) is 18.9 Å². The summed E-state index contributed by atoms with van der Waals surface area (Å²) in [5.74, 6) is -0.123. The number of nitrogens with one attached hydrogen (secondary N) is 2. The lowest BCUT2D eigenvalue weighted by Gasteiger charge is -2.11. The largest absolute Gasteiger partial charge is 0.549 e. The number of amides is 2. The highest BCUT2D eigenvalue weighted by Crippen LogP contribution is 2.38. The van der Waals surface area contributed by atoms with Crippen LogP contribution in [-0.4, -0.2) is 34.0 Å². The summed E-state index contributed by atoms with van der Waals surface area (Å²) in [6.45, 7) is 1.95. The summed E-state index contributed by atoms with van der Waals surface area (Å²) in [4.78, 5) is 15.9. The average Bonchev–Trinajstić information content (AvgIpc) is 3.26. The molecule has 1 aromatic heterocycles. The monoisotopic (exact) mass is 624 g/mol. The summed E-state index contributed by atoms with van der Waals surface area (Å²) in [5, 5.41) is 17.2. The zero-order chi connectivity index (χ0) is 27.1. The van der Waals surface area contributed by atoms with E-state index in [4.69, 9.17) is 16.4 Å². The molecule has 0 aliphatic carbocycles. The predicted octanol–water partition coefficient (Wildman–Crippen LogP) is 6.94. The molecule has 8 nitrogen and oxygen atoms in total. The molecule has 15 heteroatoms. The van der Waals surface area contributed by atoms with Gasteiger partial charge in [0.15, 0.2) is 0 Å². The van der Waals surface area contributed by atoms with E-state index in [2.05, 4.69) is 25.6 Å². The van der Waals surface area contributed by atoms with Gasteiger partial charge < -0.3 is 11.1 Å². The number of hydrogen-bond donors (Lipinski definition) is 4. The number of carbonyl (C=O) groups excluding carboxylic acids is 1. The summed E-state index contributed by atoms with van der Waals surface area (Å²) in [6, 6.07) is 15.0. The lowest BCUT2D eigenvalue weighted by Crippen LogP contribution is -2.12. The van der Waals surface area contributed by atoms with Crippen LogP contribution in [0.15, 0.2) is 77.4 Å². The SMILES string of the molecule is CSc1sc(C(=N)N)cc1S(=O)(=NC(=O)Nc1ccc(C)cc1)c1cccc(Br)c1.OOC(F)(F)F. The van der Waals surface area contributed by atoms with Crippen LogP contribution >= 0.6 is 39.0 Å². The highest BCUT2D eigenvalue weighted by molar-refractivity contribution is 9.10. The third-order valence-corrected chi connectivity index (χ3v) is 9.44. The van der Waals surface area contributed by atoms with Gasteiger partial charge in [-0.3, -0.25) is 5.41 Å². The lowest BCUT2D eigenvalue weighted by molar-refractivity contribution is -0.464. The van der Waals surface area contributed by atoms with Crippen molar-refractivity contribution >= 4 is 66.3 Å². The first-order valence-corrected chi connectivity index (χ1v) is 14.0. The van der Waals surface area contributed by atoms with Gasteiger partial charge in [-0.05, 0) is 49.6 Å². The summed E-state index contributed by atoms with van der Waals surface area (Å²) in [6.07, 6.45) is -3.06. The topological polar surface area (TPSA) is 138 Å². The number of urea groups is 1. The average molecular weight is 626 g/mol. The quantitative estimate of drug-likeness (QED) is 0.0797. The molecule has 0 aliphatic rings. The van der Waals surface area contributed by atoms with E-state index in [9.17, 15) is 22.2 Å². The molecule has 0 saturated carbocycles. The van der Waals surface area contributed by atoms with E-state index < -0.39 is 22.1 Å². The Morgan fingerprint density at radius 3 is 2.36 bits per heavy atom. The molecular formula is C21H20BrF3N4O4S3. The molecule has 0 radical (unpaired) electrons. The number of anilines is 1. The van der Waals surface area contributed by atoms with Crippen molar-refractivity contribution in [3.63, 3.8) is 0 Å². The fourth-order valence-corrected chi connectivity index (χ4v) is 7.57. The van der Waals surface area contributed by atoms with Crippen molar-refractivity contribution in [1.82, 2.24) is 0 Å². The smallest absolute Gasteiger partial charge is 0.383 e. The van der Waals surface area contributed by atoms with Gasteiger partial charge in [-0.15, -0.1) is 45.5 Å².